The predicted octanol–water partition coefficient (Wildman–Crippen LogP) is 1.59. The van der Waals surface area contributed by atoms with Crippen LogP contribution in [0.5, 0.6) is 0 Å². The highest BCUT2D eigenvalue weighted by Crippen LogP contribution is 2.33. The molecule has 3 nitrogen and oxygen atoms in total. The molecule has 0 amide bonds. The molecule has 2 unspecified atom stereocenters. The van der Waals surface area contributed by atoms with Gasteiger partial charge in [-0.3, -0.25) is 4.90 Å². The first kappa shape index (κ1) is 13.1. The molecule has 1 fully saturated rings. The van der Waals surface area contributed by atoms with Gasteiger partial charge >= 0.3 is 0 Å². The van der Waals surface area contributed by atoms with Crippen LogP contribution in [0.15, 0.2) is 24.3 Å². The van der Waals surface area contributed by atoms with Crippen LogP contribution in [0.3, 0.4) is 0 Å². The predicted molar refractivity (Wildman–Crippen MR) is 77.2 cm³/mol. The fraction of sp³-hybridized carbons (Fsp3) is 0.625. The van der Waals surface area contributed by atoms with E-state index in [4.69, 9.17) is 10.5 Å². The summed E-state index contributed by atoms with van der Waals surface area (Å²) in [5, 5.41) is 0. The standard InChI is InChI=1S/C16H24N2O/c1-13-16(12-17,8-11-19-13)18-9-6-14-4-2-3-5-15(14)7-10-18/h2-5,13H,6-12,17H2,1H3. The second-order valence-electron chi connectivity index (χ2n) is 5.83. The monoisotopic (exact) mass is 260 g/mol. The van der Waals surface area contributed by atoms with Crippen molar-refractivity contribution in [2.75, 3.05) is 26.2 Å². The van der Waals surface area contributed by atoms with Gasteiger partial charge in [-0.2, -0.15) is 0 Å². The van der Waals surface area contributed by atoms with Gasteiger partial charge in [-0.05, 0) is 37.3 Å². The molecule has 19 heavy (non-hydrogen) atoms. The number of hydrogen-bond acceptors (Lipinski definition) is 3. The Morgan fingerprint density at radius 2 is 1.89 bits per heavy atom. The molecule has 3 rings (SSSR count). The highest BCUT2D eigenvalue weighted by molar-refractivity contribution is 5.29. The second-order valence-corrected chi connectivity index (χ2v) is 5.83. The SMILES string of the molecule is CC1OCCC1(CN)N1CCc2ccccc2CC1. The fourth-order valence-electron chi connectivity index (χ4n) is 3.70. The maximum Gasteiger partial charge on any atom is 0.0743 e. The van der Waals surface area contributed by atoms with Crippen molar-refractivity contribution in [3.8, 4) is 0 Å². The van der Waals surface area contributed by atoms with Crippen LogP contribution in [-0.2, 0) is 17.6 Å². The van der Waals surface area contributed by atoms with Crippen LogP contribution in [0.2, 0.25) is 0 Å². The molecule has 3 heteroatoms. The van der Waals surface area contributed by atoms with Crippen molar-refractivity contribution >= 4 is 0 Å². The quantitative estimate of drug-likeness (QED) is 0.877. The van der Waals surface area contributed by atoms with E-state index in [0.29, 0.717) is 6.54 Å². The molecule has 0 radical (unpaired) electrons. The third-order valence-corrected chi connectivity index (χ3v) is 5.06. The average Bonchev–Trinajstić information content (AvgIpc) is 2.69. The van der Waals surface area contributed by atoms with Gasteiger partial charge in [0.25, 0.3) is 0 Å². The average molecular weight is 260 g/mol. The zero-order chi connectivity index (χ0) is 13.3. The Morgan fingerprint density at radius 1 is 1.26 bits per heavy atom. The van der Waals surface area contributed by atoms with Gasteiger partial charge in [0, 0.05) is 26.2 Å². The lowest BCUT2D eigenvalue weighted by Gasteiger charge is -2.42. The maximum absolute atomic E-state index is 6.12. The topological polar surface area (TPSA) is 38.5 Å². The Morgan fingerprint density at radius 3 is 2.37 bits per heavy atom. The van der Waals surface area contributed by atoms with E-state index >= 15 is 0 Å². The van der Waals surface area contributed by atoms with Crippen molar-refractivity contribution in [3.05, 3.63) is 35.4 Å². The van der Waals surface area contributed by atoms with E-state index in [1.807, 2.05) is 0 Å². The van der Waals surface area contributed by atoms with E-state index in [0.717, 1.165) is 39.0 Å². The molecule has 0 saturated carbocycles. The Labute approximate surface area is 115 Å². The molecule has 0 aliphatic carbocycles. The summed E-state index contributed by atoms with van der Waals surface area (Å²) in [5.41, 5.74) is 9.19. The molecule has 104 valence electrons. The number of hydrogen-bond donors (Lipinski definition) is 1. The van der Waals surface area contributed by atoms with E-state index < -0.39 is 0 Å². The van der Waals surface area contributed by atoms with E-state index in [-0.39, 0.29) is 11.6 Å². The lowest BCUT2D eigenvalue weighted by molar-refractivity contribution is 0.0165. The summed E-state index contributed by atoms with van der Waals surface area (Å²) in [4.78, 5) is 2.59. The minimum Gasteiger partial charge on any atom is -0.376 e. The molecule has 1 aromatic carbocycles. The van der Waals surface area contributed by atoms with Crippen LogP contribution in [0, 0.1) is 0 Å². The molecule has 2 aliphatic heterocycles. The molecular formula is C16H24N2O. The second kappa shape index (κ2) is 5.23. The summed E-state index contributed by atoms with van der Waals surface area (Å²) in [6.07, 6.45) is 3.58. The van der Waals surface area contributed by atoms with Crippen LogP contribution >= 0.6 is 0 Å². The van der Waals surface area contributed by atoms with Crippen molar-refractivity contribution < 1.29 is 4.74 Å². The first-order valence-corrected chi connectivity index (χ1v) is 7.40. The largest absolute Gasteiger partial charge is 0.376 e. The summed E-state index contributed by atoms with van der Waals surface area (Å²) in [6, 6.07) is 8.83. The van der Waals surface area contributed by atoms with E-state index in [9.17, 15) is 0 Å². The first-order chi connectivity index (χ1) is 9.26. The lowest BCUT2D eigenvalue weighted by Crippen LogP contribution is -2.58. The zero-order valence-corrected chi connectivity index (χ0v) is 11.8. The number of fused-ring (bicyclic) bond motifs is 1. The normalized spacial score (nSPS) is 32.0. The van der Waals surface area contributed by atoms with Crippen molar-refractivity contribution in [2.45, 2.75) is 37.8 Å². The van der Waals surface area contributed by atoms with Gasteiger partial charge in [0.15, 0.2) is 0 Å². The minimum absolute atomic E-state index is 0.0576. The van der Waals surface area contributed by atoms with Gasteiger partial charge in [0.2, 0.25) is 0 Å². The van der Waals surface area contributed by atoms with E-state index in [1.54, 1.807) is 0 Å². The number of ether oxygens (including phenoxy) is 1. The zero-order valence-electron chi connectivity index (χ0n) is 11.8. The van der Waals surface area contributed by atoms with Gasteiger partial charge < -0.3 is 10.5 Å². The molecule has 2 aliphatic rings. The number of benzene rings is 1. The van der Waals surface area contributed by atoms with Gasteiger partial charge in [0.05, 0.1) is 11.6 Å². The number of rotatable bonds is 2. The molecule has 1 aromatic rings. The fourth-order valence-corrected chi connectivity index (χ4v) is 3.70. The summed E-state index contributed by atoms with van der Waals surface area (Å²) in [5.74, 6) is 0. The molecule has 0 aromatic heterocycles. The Kier molecular flexibility index (Phi) is 3.61. The third-order valence-electron chi connectivity index (χ3n) is 5.06. The summed E-state index contributed by atoms with van der Waals surface area (Å²) in [7, 11) is 0. The Hall–Kier alpha value is -0.900. The van der Waals surface area contributed by atoms with Crippen molar-refractivity contribution in [1.29, 1.82) is 0 Å². The minimum atomic E-state index is 0.0576. The highest BCUT2D eigenvalue weighted by atomic mass is 16.5. The first-order valence-electron chi connectivity index (χ1n) is 7.40. The van der Waals surface area contributed by atoms with Crippen molar-refractivity contribution in [2.24, 2.45) is 5.73 Å². The molecule has 2 heterocycles. The van der Waals surface area contributed by atoms with Crippen LogP contribution in [0.25, 0.3) is 0 Å². The van der Waals surface area contributed by atoms with Gasteiger partial charge in [-0.25, -0.2) is 0 Å². The summed E-state index contributed by atoms with van der Waals surface area (Å²) in [6.45, 7) is 5.92. The van der Waals surface area contributed by atoms with Gasteiger partial charge in [0.1, 0.15) is 0 Å². The summed E-state index contributed by atoms with van der Waals surface area (Å²) < 4.78 is 5.81. The molecule has 1 saturated heterocycles. The molecule has 2 atom stereocenters. The molecule has 0 bridgehead atoms. The Bertz CT molecular complexity index is 421. The molecule has 2 N–H and O–H groups in total. The number of nitrogens with two attached hydrogens (primary N) is 1. The third kappa shape index (κ3) is 2.20. The van der Waals surface area contributed by atoms with Crippen LogP contribution < -0.4 is 5.73 Å². The van der Waals surface area contributed by atoms with Crippen molar-refractivity contribution in [1.82, 2.24) is 4.90 Å². The van der Waals surface area contributed by atoms with E-state index in [2.05, 4.69) is 36.1 Å². The van der Waals surface area contributed by atoms with Gasteiger partial charge in [-0.15, -0.1) is 0 Å². The van der Waals surface area contributed by atoms with Gasteiger partial charge in [-0.1, -0.05) is 24.3 Å². The smallest absolute Gasteiger partial charge is 0.0743 e. The summed E-state index contributed by atoms with van der Waals surface area (Å²) >= 11 is 0. The molecule has 0 spiro atoms. The van der Waals surface area contributed by atoms with E-state index in [1.165, 1.54) is 11.1 Å². The van der Waals surface area contributed by atoms with Crippen molar-refractivity contribution in [3.63, 3.8) is 0 Å². The lowest BCUT2D eigenvalue weighted by atomic mass is 9.89. The van der Waals surface area contributed by atoms with Crippen LogP contribution in [0.1, 0.15) is 24.5 Å². The van der Waals surface area contributed by atoms with Crippen LogP contribution in [0.4, 0.5) is 0 Å². The maximum atomic E-state index is 6.12. The van der Waals surface area contributed by atoms with Crippen LogP contribution in [-0.4, -0.2) is 42.8 Å². The molecular weight excluding hydrogens is 236 g/mol. The highest BCUT2D eigenvalue weighted by Gasteiger charge is 2.45. The Balaban J connectivity index is 1.81. The number of nitrogens with zero attached hydrogens (tertiary/aromatic N) is 1.